The highest BCUT2D eigenvalue weighted by atomic mass is 15.2. The maximum absolute atomic E-state index is 6.65. The Labute approximate surface area is 113 Å². The summed E-state index contributed by atoms with van der Waals surface area (Å²) in [5.41, 5.74) is 6.74. The second kappa shape index (κ2) is 5.92. The molecule has 2 fully saturated rings. The fraction of sp³-hybridized carbons (Fsp3) is 1.00. The van der Waals surface area contributed by atoms with Crippen molar-refractivity contribution < 1.29 is 0 Å². The van der Waals surface area contributed by atoms with Crippen LogP contribution in [0.25, 0.3) is 0 Å². The van der Waals surface area contributed by atoms with E-state index in [1.807, 2.05) is 0 Å². The Hall–Kier alpha value is -0.0800. The van der Waals surface area contributed by atoms with Gasteiger partial charge in [0.05, 0.1) is 0 Å². The van der Waals surface area contributed by atoms with Crippen molar-refractivity contribution in [3.8, 4) is 0 Å². The minimum atomic E-state index is 0.0904. The molecule has 0 heterocycles. The molecule has 4 atom stereocenters. The van der Waals surface area contributed by atoms with Crippen LogP contribution in [0.2, 0.25) is 0 Å². The molecule has 2 nitrogen and oxygen atoms in total. The molecule has 0 amide bonds. The van der Waals surface area contributed by atoms with Crippen molar-refractivity contribution in [2.24, 2.45) is 17.6 Å². The molecule has 0 aromatic heterocycles. The monoisotopic (exact) mass is 252 g/mol. The zero-order valence-corrected chi connectivity index (χ0v) is 12.6. The van der Waals surface area contributed by atoms with Crippen LogP contribution in [0.3, 0.4) is 0 Å². The number of likely N-dealkylation sites (N-methyl/N-ethyl adjacent to an activating group) is 1. The van der Waals surface area contributed by atoms with E-state index in [1.54, 1.807) is 0 Å². The van der Waals surface area contributed by atoms with Crippen molar-refractivity contribution in [2.45, 2.75) is 76.8 Å². The highest BCUT2D eigenvalue weighted by molar-refractivity contribution is 4.93. The summed E-state index contributed by atoms with van der Waals surface area (Å²) in [7, 11) is 2.30. The normalized spacial score (nSPS) is 42.2. The minimum absolute atomic E-state index is 0.0904. The summed E-state index contributed by atoms with van der Waals surface area (Å²) < 4.78 is 0. The lowest BCUT2D eigenvalue weighted by Gasteiger charge is -2.43. The topological polar surface area (TPSA) is 29.3 Å². The molecule has 0 aliphatic heterocycles. The SMILES string of the molecule is CC1CCCC(N(C)CC2(N)CCCC(C)C2)C1. The lowest BCUT2D eigenvalue weighted by Crippen LogP contribution is -2.54. The van der Waals surface area contributed by atoms with Crippen LogP contribution in [0.1, 0.15) is 65.2 Å². The molecule has 2 rings (SSSR count). The largest absolute Gasteiger partial charge is 0.324 e. The lowest BCUT2D eigenvalue weighted by atomic mass is 9.76. The lowest BCUT2D eigenvalue weighted by molar-refractivity contribution is 0.107. The molecule has 2 N–H and O–H groups in total. The standard InChI is InChI=1S/C16H32N2/c1-13-6-4-8-15(10-13)18(3)12-16(17)9-5-7-14(2)11-16/h13-15H,4-12,17H2,1-3H3. The van der Waals surface area contributed by atoms with Gasteiger partial charge in [0, 0.05) is 18.1 Å². The third-order valence-electron chi connectivity index (χ3n) is 5.22. The van der Waals surface area contributed by atoms with E-state index in [0.717, 1.165) is 24.4 Å². The zero-order chi connectivity index (χ0) is 13.2. The molecule has 2 heteroatoms. The van der Waals surface area contributed by atoms with Crippen molar-refractivity contribution in [1.82, 2.24) is 4.90 Å². The van der Waals surface area contributed by atoms with Gasteiger partial charge in [-0.05, 0) is 44.6 Å². The molecule has 0 aromatic carbocycles. The smallest absolute Gasteiger partial charge is 0.0285 e. The summed E-state index contributed by atoms with van der Waals surface area (Å²) in [6, 6.07) is 0.784. The fourth-order valence-corrected chi connectivity index (χ4v) is 4.27. The molecule has 0 radical (unpaired) electrons. The number of hydrogen-bond acceptors (Lipinski definition) is 2. The summed E-state index contributed by atoms with van der Waals surface area (Å²) in [5, 5.41) is 0. The Morgan fingerprint density at radius 1 is 1.11 bits per heavy atom. The number of rotatable bonds is 3. The van der Waals surface area contributed by atoms with Gasteiger partial charge in [-0.3, -0.25) is 0 Å². The maximum Gasteiger partial charge on any atom is 0.0285 e. The number of hydrogen-bond donors (Lipinski definition) is 1. The second-order valence-electron chi connectivity index (χ2n) is 7.40. The highest BCUT2D eigenvalue weighted by Gasteiger charge is 2.34. The van der Waals surface area contributed by atoms with Gasteiger partial charge in [0.15, 0.2) is 0 Å². The van der Waals surface area contributed by atoms with Gasteiger partial charge in [-0.25, -0.2) is 0 Å². The number of nitrogens with zero attached hydrogens (tertiary/aromatic N) is 1. The molecule has 0 saturated heterocycles. The summed E-state index contributed by atoms with van der Waals surface area (Å²) in [6.45, 7) is 5.87. The molecule has 18 heavy (non-hydrogen) atoms. The van der Waals surface area contributed by atoms with E-state index in [0.29, 0.717) is 0 Å². The fourth-order valence-electron chi connectivity index (χ4n) is 4.27. The van der Waals surface area contributed by atoms with Crippen LogP contribution in [0.4, 0.5) is 0 Å². The highest BCUT2D eigenvalue weighted by Crippen LogP contribution is 2.33. The van der Waals surface area contributed by atoms with Gasteiger partial charge < -0.3 is 10.6 Å². The Bertz CT molecular complexity index is 266. The van der Waals surface area contributed by atoms with Crippen LogP contribution in [-0.4, -0.2) is 30.1 Å². The van der Waals surface area contributed by atoms with Gasteiger partial charge in [0.2, 0.25) is 0 Å². The van der Waals surface area contributed by atoms with Gasteiger partial charge in [-0.2, -0.15) is 0 Å². The molecule has 2 saturated carbocycles. The van der Waals surface area contributed by atoms with Gasteiger partial charge in [0.25, 0.3) is 0 Å². The molecule has 106 valence electrons. The number of nitrogens with two attached hydrogens (primary N) is 1. The van der Waals surface area contributed by atoms with Crippen LogP contribution in [-0.2, 0) is 0 Å². The van der Waals surface area contributed by atoms with Crippen LogP contribution >= 0.6 is 0 Å². The summed E-state index contributed by atoms with van der Waals surface area (Å²) in [6.07, 6.45) is 10.7. The summed E-state index contributed by atoms with van der Waals surface area (Å²) in [5.74, 6) is 1.73. The van der Waals surface area contributed by atoms with Gasteiger partial charge in [-0.1, -0.05) is 39.5 Å². The zero-order valence-electron chi connectivity index (χ0n) is 12.6. The Morgan fingerprint density at radius 3 is 2.50 bits per heavy atom. The quantitative estimate of drug-likeness (QED) is 0.834. The first-order chi connectivity index (χ1) is 8.48. The van der Waals surface area contributed by atoms with Crippen LogP contribution < -0.4 is 5.73 Å². The second-order valence-corrected chi connectivity index (χ2v) is 7.40. The van der Waals surface area contributed by atoms with E-state index in [9.17, 15) is 0 Å². The molecule has 0 bridgehead atoms. The third kappa shape index (κ3) is 3.71. The van der Waals surface area contributed by atoms with Crippen molar-refractivity contribution in [3.05, 3.63) is 0 Å². The molecular formula is C16H32N2. The Balaban J connectivity index is 1.87. The van der Waals surface area contributed by atoms with Crippen LogP contribution in [0.15, 0.2) is 0 Å². The third-order valence-corrected chi connectivity index (χ3v) is 5.22. The predicted octanol–water partition coefficient (Wildman–Crippen LogP) is 3.40. The molecule has 2 aliphatic rings. The molecule has 0 spiro atoms. The Kier molecular flexibility index (Phi) is 4.71. The van der Waals surface area contributed by atoms with Gasteiger partial charge >= 0.3 is 0 Å². The Morgan fingerprint density at radius 2 is 1.83 bits per heavy atom. The van der Waals surface area contributed by atoms with Gasteiger partial charge in [-0.15, -0.1) is 0 Å². The first-order valence-corrected chi connectivity index (χ1v) is 7.98. The van der Waals surface area contributed by atoms with E-state index in [1.165, 1.54) is 51.4 Å². The van der Waals surface area contributed by atoms with Crippen molar-refractivity contribution in [3.63, 3.8) is 0 Å². The van der Waals surface area contributed by atoms with Gasteiger partial charge in [0.1, 0.15) is 0 Å². The van der Waals surface area contributed by atoms with Crippen LogP contribution in [0, 0.1) is 11.8 Å². The molecule has 0 aromatic rings. The molecule has 4 unspecified atom stereocenters. The molecule has 2 aliphatic carbocycles. The van der Waals surface area contributed by atoms with Crippen molar-refractivity contribution in [2.75, 3.05) is 13.6 Å². The van der Waals surface area contributed by atoms with Crippen molar-refractivity contribution in [1.29, 1.82) is 0 Å². The van der Waals surface area contributed by atoms with E-state index < -0.39 is 0 Å². The minimum Gasteiger partial charge on any atom is -0.324 e. The first-order valence-electron chi connectivity index (χ1n) is 7.98. The van der Waals surface area contributed by atoms with Crippen LogP contribution in [0.5, 0.6) is 0 Å². The van der Waals surface area contributed by atoms with E-state index in [-0.39, 0.29) is 5.54 Å². The van der Waals surface area contributed by atoms with E-state index in [4.69, 9.17) is 5.73 Å². The average molecular weight is 252 g/mol. The van der Waals surface area contributed by atoms with E-state index >= 15 is 0 Å². The summed E-state index contributed by atoms with van der Waals surface area (Å²) in [4.78, 5) is 2.58. The molecular weight excluding hydrogens is 220 g/mol. The van der Waals surface area contributed by atoms with E-state index in [2.05, 4.69) is 25.8 Å². The average Bonchev–Trinajstić information content (AvgIpc) is 2.28. The maximum atomic E-state index is 6.65. The summed E-state index contributed by atoms with van der Waals surface area (Å²) >= 11 is 0. The van der Waals surface area contributed by atoms with Crippen molar-refractivity contribution >= 4 is 0 Å². The predicted molar refractivity (Wildman–Crippen MR) is 78.6 cm³/mol. The first kappa shape index (κ1) is 14.3.